The molecule has 0 heterocycles. The van der Waals surface area contributed by atoms with Crippen LogP contribution in [0.5, 0.6) is 0 Å². The number of urea groups is 1. The summed E-state index contributed by atoms with van der Waals surface area (Å²) >= 11 is 0. The smallest absolute Gasteiger partial charge is 0.321 e. The highest BCUT2D eigenvalue weighted by Crippen LogP contribution is 2.23. The Morgan fingerprint density at radius 3 is 2.21 bits per heavy atom. The van der Waals surface area contributed by atoms with Crippen LogP contribution in [0.3, 0.4) is 0 Å². The number of rotatable bonds is 6. The second-order valence-electron chi connectivity index (χ2n) is 8.38. The van der Waals surface area contributed by atoms with Crippen LogP contribution in [-0.4, -0.2) is 48.9 Å². The monoisotopic (exact) mass is 402 g/mol. The molecule has 0 radical (unpaired) electrons. The van der Waals surface area contributed by atoms with Gasteiger partial charge in [-0.05, 0) is 57.7 Å². The minimum atomic E-state index is -0.461. The van der Waals surface area contributed by atoms with E-state index in [0.29, 0.717) is 5.92 Å². The molecule has 1 aliphatic carbocycles. The minimum Gasteiger partial charge on any atom is -0.335 e. The normalized spacial score (nSPS) is 19.0. The summed E-state index contributed by atoms with van der Waals surface area (Å²) in [5, 5.41) is 8.18. The molecule has 0 bridgehead atoms. The molecule has 2 unspecified atom stereocenters. The average Bonchev–Trinajstić information content (AvgIpc) is 2.59. The van der Waals surface area contributed by atoms with Crippen molar-refractivity contribution >= 4 is 23.5 Å². The Kier molecular flexibility index (Phi) is 8.20. The fourth-order valence-corrected chi connectivity index (χ4v) is 4.00. The summed E-state index contributed by atoms with van der Waals surface area (Å²) in [6.07, 6.45) is 4.33. The summed E-state index contributed by atoms with van der Waals surface area (Å²) in [4.78, 5) is 38.1. The van der Waals surface area contributed by atoms with Crippen LogP contribution in [0.4, 0.5) is 10.5 Å². The van der Waals surface area contributed by atoms with E-state index in [1.54, 1.807) is 11.9 Å². The van der Waals surface area contributed by atoms with Crippen molar-refractivity contribution in [1.29, 1.82) is 0 Å². The van der Waals surface area contributed by atoms with Gasteiger partial charge in [0.25, 0.3) is 0 Å². The van der Waals surface area contributed by atoms with E-state index in [0.717, 1.165) is 41.6 Å². The van der Waals surface area contributed by atoms with Crippen molar-refractivity contribution in [3.63, 3.8) is 0 Å². The molecular weight excluding hydrogens is 368 g/mol. The van der Waals surface area contributed by atoms with E-state index in [1.807, 2.05) is 32.9 Å². The molecule has 7 nitrogen and oxygen atoms in total. The SMILES string of the molecule is Cc1cc(C)c(NC(=O)CN(C)CC(=O)NC(=O)NC2CCCCC2C)c(C)c1. The van der Waals surface area contributed by atoms with E-state index in [9.17, 15) is 14.4 Å². The van der Waals surface area contributed by atoms with Gasteiger partial charge in [-0.2, -0.15) is 0 Å². The summed E-state index contributed by atoms with van der Waals surface area (Å²) in [7, 11) is 1.68. The maximum Gasteiger partial charge on any atom is 0.321 e. The number of hydrogen-bond donors (Lipinski definition) is 3. The Morgan fingerprint density at radius 2 is 1.59 bits per heavy atom. The van der Waals surface area contributed by atoms with Crippen LogP contribution in [0.1, 0.15) is 49.3 Å². The van der Waals surface area contributed by atoms with Gasteiger partial charge in [0.15, 0.2) is 0 Å². The number of carbonyl (C=O) groups is 3. The van der Waals surface area contributed by atoms with Crippen LogP contribution in [0, 0.1) is 26.7 Å². The number of imide groups is 1. The summed E-state index contributed by atoms with van der Waals surface area (Å²) in [5.41, 5.74) is 3.96. The van der Waals surface area contributed by atoms with E-state index in [1.165, 1.54) is 6.42 Å². The lowest BCUT2D eigenvalue weighted by Gasteiger charge is -2.29. The van der Waals surface area contributed by atoms with Gasteiger partial charge in [0.1, 0.15) is 0 Å². The number of anilines is 1. The van der Waals surface area contributed by atoms with Gasteiger partial charge in [0.2, 0.25) is 11.8 Å². The van der Waals surface area contributed by atoms with Crippen molar-refractivity contribution in [2.24, 2.45) is 5.92 Å². The molecule has 0 saturated heterocycles. The van der Waals surface area contributed by atoms with Crippen LogP contribution >= 0.6 is 0 Å². The van der Waals surface area contributed by atoms with Crippen LogP contribution in [0.2, 0.25) is 0 Å². The van der Waals surface area contributed by atoms with Gasteiger partial charge in [-0.3, -0.25) is 19.8 Å². The van der Waals surface area contributed by atoms with Gasteiger partial charge in [-0.25, -0.2) is 4.79 Å². The van der Waals surface area contributed by atoms with Crippen LogP contribution in [-0.2, 0) is 9.59 Å². The molecule has 1 aromatic carbocycles. The lowest BCUT2D eigenvalue weighted by Crippen LogP contribution is -2.50. The first-order valence-electron chi connectivity index (χ1n) is 10.3. The van der Waals surface area contributed by atoms with Gasteiger partial charge in [0, 0.05) is 11.7 Å². The lowest BCUT2D eigenvalue weighted by molar-refractivity contribution is -0.122. The van der Waals surface area contributed by atoms with Gasteiger partial charge in [-0.1, -0.05) is 37.5 Å². The van der Waals surface area contributed by atoms with E-state index in [-0.39, 0.29) is 25.0 Å². The number of nitrogens with zero attached hydrogens (tertiary/aromatic N) is 1. The van der Waals surface area contributed by atoms with Crippen molar-refractivity contribution < 1.29 is 14.4 Å². The third kappa shape index (κ3) is 7.16. The Balaban J connectivity index is 1.77. The molecule has 4 amide bonds. The van der Waals surface area contributed by atoms with Crippen molar-refractivity contribution in [3.8, 4) is 0 Å². The molecule has 1 aromatic rings. The zero-order valence-corrected chi connectivity index (χ0v) is 18.2. The zero-order valence-electron chi connectivity index (χ0n) is 18.2. The predicted molar refractivity (Wildman–Crippen MR) is 115 cm³/mol. The third-order valence-corrected chi connectivity index (χ3v) is 5.45. The highest BCUT2D eigenvalue weighted by molar-refractivity contribution is 5.96. The van der Waals surface area contributed by atoms with Gasteiger partial charge >= 0.3 is 6.03 Å². The molecule has 160 valence electrons. The molecule has 7 heteroatoms. The summed E-state index contributed by atoms with van der Waals surface area (Å²) in [5.74, 6) is -0.204. The third-order valence-electron chi connectivity index (χ3n) is 5.45. The van der Waals surface area contributed by atoms with Crippen molar-refractivity contribution in [2.75, 3.05) is 25.5 Å². The van der Waals surface area contributed by atoms with Gasteiger partial charge < -0.3 is 10.6 Å². The Labute approximate surface area is 173 Å². The molecule has 2 atom stereocenters. The quantitative estimate of drug-likeness (QED) is 0.682. The number of nitrogens with one attached hydrogen (secondary N) is 3. The molecule has 0 aliphatic heterocycles. The predicted octanol–water partition coefficient (Wildman–Crippen LogP) is 2.89. The molecule has 1 saturated carbocycles. The zero-order chi connectivity index (χ0) is 21.6. The van der Waals surface area contributed by atoms with Gasteiger partial charge in [0.05, 0.1) is 13.1 Å². The first-order valence-corrected chi connectivity index (χ1v) is 10.3. The fourth-order valence-electron chi connectivity index (χ4n) is 4.00. The molecule has 0 aromatic heterocycles. The molecule has 29 heavy (non-hydrogen) atoms. The summed E-state index contributed by atoms with van der Waals surface area (Å²) in [6, 6.07) is 3.69. The lowest BCUT2D eigenvalue weighted by atomic mass is 9.86. The van der Waals surface area contributed by atoms with Crippen molar-refractivity contribution in [3.05, 3.63) is 28.8 Å². The number of hydrogen-bond acceptors (Lipinski definition) is 4. The Morgan fingerprint density at radius 1 is 1.00 bits per heavy atom. The molecule has 3 N–H and O–H groups in total. The number of amides is 4. The van der Waals surface area contributed by atoms with Gasteiger partial charge in [-0.15, -0.1) is 0 Å². The standard InChI is InChI=1S/C22H34N4O3/c1-14-10-16(3)21(17(4)11-14)24-19(27)12-26(5)13-20(28)25-22(29)23-18-9-7-6-8-15(18)2/h10-11,15,18H,6-9,12-13H2,1-5H3,(H,24,27)(H2,23,25,28,29). The van der Waals surface area contributed by atoms with Crippen LogP contribution < -0.4 is 16.0 Å². The average molecular weight is 403 g/mol. The van der Waals surface area contributed by atoms with E-state index < -0.39 is 11.9 Å². The van der Waals surface area contributed by atoms with Crippen LogP contribution in [0.25, 0.3) is 0 Å². The van der Waals surface area contributed by atoms with Crippen LogP contribution in [0.15, 0.2) is 12.1 Å². The molecule has 0 spiro atoms. The van der Waals surface area contributed by atoms with E-state index in [4.69, 9.17) is 0 Å². The second-order valence-corrected chi connectivity index (χ2v) is 8.38. The number of likely N-dealkylation sites (N-methyl/N-ethyl adjacent to an activating group) is 1. The minimum absolute atomic E-state index is 0.0348. The fraction of sp³-hybridized carbons (Fsp3) is 0.591. The Bertz CT molecular complexity index is 739. The first kappa shape index (κ1) is 22.9. The van der Waals surface area contributed by atoms with Crippen molar-refractivity contribution in [1.82, 2.24) is 15.5 Å². The molecular formula is C22H34N4O3. The maximum absolute atomic E-state index is 12.4. The largest absolute Gasteiger partial charge is 0.335 e. The number of benzene rings is 1. The van der Waals surface area contributed by atoms with E-state index >= 15 is 0 Å². The maximum atomic E-state index is 12.4. The Hall–Kier alpha value is -2.41. The molecule has 2 rings (SSSR count). The molecule has 1 aliphatic rings. The highest BCUT2D eigenvalue weighted by atomic mass is 16.2. The van der Waals surface area contributed by atoms with E-state index in [2.05, 4.69) is 22.9 Å². The first-order chi connectivity index (χ1) is 13.7. The highest BCUT2D eigenvalue weighted by Gasteiger charge is 2.23. The van der Waals surface area contributed by atoms with Crippen molar-refractivity contribution in [2.45, 2.75) is 59.4 Å². The molecule has 1 fully saturated rings. The summed E-state index contributed by atoms with van der Waals surface area (Å²) < 4.78 is 0. The summed E-state index contributed by atoms with van der Waals surface area (Å²) in [6.45, 7) is 8.07. The topological polar surface area (TPSA) is 90.5 Å². The number of aryl methyl sites for hydroxylation is 3. The second kappa shape index (κ2) is 10.4. The number of carbonyl (C=O) groups excluding carboxylic acids is 3.